The lowest BCUT2D eigenvalue weighted by Gasteiger charge is -2.19. The molecule has 5 nitrogen and oxygen atoms in total. The number of rotatable bonds is 5. The molecule has 5 heteroatoms. The van der Waals surface area contributed by atoms with Crippen molar-refractivity contribution < 1.29 is 9.66 Å². The van der Waals surface area contributed by atoms with E-state index in [-0.39, 0.29) is 5.69 Å². The summed E-state index contributed by atoms with van der Waals surface area (Å²) in [6.45, 7) is 3.19. The summed E-state index contributed by atoms with van der Waals surface area (Å²) >= 11 is 0. The molecule has 2 atom stereocenters. The van der Waals surface area contributed by atoms with Gasteiger partial charge in [0.25, 0.3) is 5.69 Å². The predicted molar refractivity (Wildman–Crippen MR) is 73.2 cm³/mol. The Morgan fingerprint density at radius 1 is 1.42 bits per heavy atom. The van der Waals surface area contributed by atoms with E-state index in [1.54, 1.807) is 6.07 Å². The maximum Gasteiger partial charge on any atom is 0.273 e. The number of ether oxygens (including phenoxy) is 1. The van der Waals surface area contributed by atoms with E-state index < -0.39 is 4.92 Å². The van der Waals surface area contributed by atoms with E-state index in [0.717, 1.165) is 12.0 Å². The maximum atomic E-state index is 10.8. The Kier molecular flexibility index (Phi) is 4.37. The van der Waals surface area contributed by atoms with Crippen molar-refractivity contribution >= 4 is 5.69 Å². The normalized spacial score (nSPS) is 22.4. The summed E-state index contributed by atoms with van der Waals surface area (Å²) in [5.74, 6) is 1.61. The van der Waals surface area contributed by atoms with Gasteiger partial charge in [0.15, 0.2) is 0 Å². The zero-order valence-corrected chi connectivity index (χ0v) is 11.2. The van der Waals surface area contributed by atoms with Crippen LogP contribution in [0.15, 0.2) is 18.2 Å². The van der Waals surface area contributed by atoms with Crippen molar-refractivity contribution in [2.24, 2.45) is 17.6 Å². The van der Waals surface area contributed by atoms with Gasteiger partial charge in [-0.05, 0) is 49.8 Å². The largest absolute Gasteiger partial charge is 0.493 e. The summed E-state index contributed by atoms with van der Waals surface area (Å²) in [4.78, 5) is 10.4. The van der Waals surface area contributed by atoms with E-state index >= 15 is 0 Å². The summed E-state index contributed by atoms with van der Waals surface area (Å²) < 4.78 is 5.78. The van der Waals surface area contributed by atoms with Crippen LogP contribution in [0.2, 0.25) is 0 Å². The van der Waals surface area contributed by atoms with Gasteiger partial charge in [-0.15, -0.1) is 0 Å². The van der Waals surface area contributed by atoms with Crippen LogP contribution in [0.5, 0.6) is 5.75 Å². The van der Waals surface area contributed by atoms with Gasteiger partial charge in [-0.2, -0.15) is 0 Å². The van der Waals surface area contributed by atoms with Crippen molar-refractivity contribution in [1.29, 1.82) is 0 Å². The van der Waals surface area contributed by atoms with Gasteiger partial charge in [0, 0.05) is 6.07 Å². The minimum Gasteiger partial charge on any atom is -0.493 e. The van der Waals surface area contributed by atoms with E-state index in [1.165, 1.54) is 25.0 Å². The molecule has 1 aromatic rings. The average molecular weight is 264 g/mol. The Hall–Kier alpha value is -1.62. The van der Waals surface area contributed by atoms with Crippen molar-refractivity contribution in [3.8, 4) is 5.75 Å². The van der Waals surface area contributed by atoms with Gasteiger partial charge in [-0.3, -0.25) is 10.1 Å². The molecule has 1 aliphatic rings. The van der Waals surface area contributed by atoms with Crippen molar-refractivity contribution in [3.05, 3.63) is 33.9 Å². The first-order chi connectivity index (χ1) is 9.11. The molecule has 1 aliphatic carbocycles. The molecule has 0 saturated heterocycles. The number of hydrogen-bond donors (Lipinski definition) is 1. The third-order valence-electron chi connectivity index (χ3n) is 3.95. The Morgan fingerprint density at radius 3 is 2.84 bits per heavy atom. The van der Waals surface area contributed by atoms with Crippen LogP contribution >= 0.6 is 0 Å². The van der Waals surface area contributed by atoms with Crippen molar-refractivity contribution in [3.63, 3.8) is 0 Å². The lowest BCUT2D eigenvalue weighted by atomic mass is 9.97. The first-order valence-electron chi connectivity index (χ1n) is 6.69. The van der Waals surface area contributed by atoms with Crippen LogP contribution in [-0.4, -0.2) is 18.1 Å². The molecule has 0 radical (unpaired) electrons. The molecule has 1 fully saturated rings. The lowest BCUT2D eigenvalue weighted by molar-refractivity contribution is -0.385. The average Bonchev–Trinajstić information content (AvgIpc) is 2.85. The van der Waals surface area contributed by atoms with Crippen LogP contribution in [0.25, 0.3) is 0 Å². The predicted octanol–water partition coefficient (Wildman–Crippen LogP) is 2.66. The molecule has 0 heterocycles. The molecule has 1 aromatic carbocycles. The van der Waals surface area contributed by atoms with E-state index in [0.29, 0.717) is 30.7 Å². The van der Waals surface area contributed by atoms with E-state index in [4.69, 9.17) is 10.5 Å². The van der Waals surface area contributed by atoms with Gasteiger partial charge >= 0.3 is 0 Å². The molecule has 2 unspecified atom stereocenters. The molecule has 0 aromatic heterocycles. The second-order valence-corrected chi connectivity index (χ2v) is 5.20. The monoisotopic (exact) mass is 264 g/mol. The fourth-order valence-corrected chi connectivity index (χ4v) is 2.70. The topological polar surface area (TPSA) is 78.4 Å². The number of nitrogens with zero attached hydrogens (tertiary/aromatic N) is 1. The Morgan fingerprint density at radius 2 is 2.16 bits per heavy atom. The fraction of sp³-hybridized carbons (Fsp3) is 0.571. The second-order valence-electron chi connectivity index (χ2n) is 5.20. The first-order valence-corrected chi connectivity index (χ1v) is 6.69. The van der Waals surface area contributed by atoms with Crippen LogP contribution < -0.4 is 10.5 Å². The Bertz CT molecular complexity index is 462. The summed E-state index contributed by atoms with van der Waals surface area (Å²) in [7, 11) is 0. The van der Waals surface area contributed by atoms with E-state index in [9.17, 15) is 10.1 Å². The summed E-state index contributed by atoms with van der Waals surface area (Å²) in [6.07, 6.45) is 3.50. The van der Waals surface area contributed by atoms with Crippen LogP contribution in [-0.2, 0) is 0 Å². The highest BCUT2D eigenvalue weighted by molar-refractivity contribution is 5.43. The highest BCUT2D eigenvalue weighted by Crippen LogP contribution is 2.32. The number of benzene rings is 1. The van der Waals surface area contributed by atoms with Crippen LogP contribution in [0, 0.1) is 28.9 Å². The van der Waals surface area contributed by atoms with Crippen molar-refractivity contribution in [1.82, 2.24) is 0 Å². The Balaban J connectivity index is 2.02. The van der Waals surface area contributed by atoms with Crippen molar-refractivity contribution in [2.75, 3.05) is 13.2 Å². The molecule has 0 aliphatic heterocycles. The molecular formula is C14H20N2O3. The van der Waals surface area contributed by atoms with Crippen LogP contribution in [0.4, 0.5) is 5.69 Å². The van der Waals surface area contributed by atoms with Gasteiger partial charge in [0.1, 0.15) is 5.75 Å². The quantitative estimate of drug-likeness (QED) is 0.655. The highest BCUT2D eigenvalue weighted by Gasteiger charge is 2.26. The molecule has 2 N–H and O–H groups in total. The summed E-state index contributed by atoms with van der Waals surface area (Å²) in [5, 5.41) is 10.8. The molecule has 2 rings (SSSR count). The zero-order valence-electron chi connectivity index (χ0n) is 11.2. The summed E-state index contributed by atoms with van der Waals surface area (Å²) in [6, 6.07) is 4.73. The standard InChI is InChI=1S/C14H20N2O3/c1-10-5-6-13(16(17)18)7-14(10)19-9-12-4-2-3-11(12)8-15/h5-7,11-12H,2-4,8-9,15H2,1H3. The molecule has 1 saturated carbocycles. The minimum atomic E-state index is -0.398. The number of hydrogen-bond acceptors (Lipinski definition) is 4. The lowest BCUT2D eigenvalue weighted by Crippen LogP contribution is -2.23. The molecule has 19 heavy (non-hydrogen) atoms. The Labute approximate surface area is 112 Å². The summed E-state index contributed by atoms with van der Waals surface area (Å²) in [5.41, 5.74) is 6.74. The molecule has 104 valence electrons. The van der Waals surface area contributed by atoms with Gasteiger partial charge in [0.2, 0.25) is 0 Å². The van der Waals surface area contributed by atoms with Gasteiger partial charge in [0.05, 0.1) is 17.6 Å². The van der Waals surface area contributed by atoms with Crippen molar-refractivity contribution in [2.45, 2.75) is 26.2 Å². The number of non-ortho nitro benzene ring substituents is 1. The zero-order chi connectivity index (χ0) is 13.8. The van der Waals surface area contributed by atoms with Crippen LogP contribution in [0.1, 0.15) is 24.8 Å². The third-order valence-corrected chi connectivity index (χ3v) is 3.95. The maximum absolute atomic E-state index is 10.8. The van der Waals surface area contributed by atoms with E-state index in [1.807, 2.05) is 6.92 Å². The smallest absolute Gasteiger partial charge is 0.273 e. The molecule has 0 amide bonds. The molecule has 0 bridgehead atoms. The number of nitro benzene ring substituents is 1. The van der Waals surface area contributed by atoms with E-state index in [2.05, 4.69) is 0 Å². The third kappa shape index (κ3) is 3.23. The number of nitrogens with two attached hydrogens (primary N) is 1. The number of nitro groups is 1. The second kappa shape index (κ2) is 6.02. The highest BCUT2D eigenvalue weighted by atomic mass is 16.6. The number of aryl methyl sites for hydroxylation is 1. The SMILES string of the molecule is Cc1ccc([N+](=O)[O-])cc1OCC1CCCC1CN. The molecular weight excluding hydrogens is 244 g/mol. The van der Waals surface area contributed by atoms with Gasteiger partial charge in [-0.25, -0.2) is 0 Å². The molecule has 0 spiro atoms. The fourth-order valence-electron chi connectivity index (χ4n) is 2.70. The van der Waals surface area contributed by atoms with Crippen LogP contribution in [0.3, 0.4) is 0 Å². The minimum absolute atomic E-state index is 0.0717. The van der Waals surface area contributed by atoms with Gasteiger partial charge in [-0.1, -0.05) is 6.42 Å². The van der Waals surface area contributed by atoms with Gasteiger partial charge < -0.3 is 10.5 Å². The first kappa shape index (κ1) is 13.8.